The van der Waals surface area contributed by atoms with Crippen LogP contribution in [0.4, 0.5) is 0 Å². The van der Waals surface area contributed by atoms with E-state index in [1.54, 1.807) is 18.0 Å². The summed E-state index contributed by atoms with van der Waals surface area (Å²) >= 11 is 1.61. The van der Waals surface area contributed by atoms with Crippen LogP contribution in [0.1, 0.15) is 31.9 Å². The molecule has 2 rings (SSSR count). The number of rotatable bonds is 5. The smallest absolute Gasteiger partial charge is 0.235 e. The first-order valence-electron chi connectivity index (χ1n) is 7.66. The van der Waals surface area contributed by atoms with E-state index in [1.807, 2.05) is 31.4 Å². The van der Waals surface area contributed by atoms with Gasteiger partial charge in [-0.2, -0.15) is 11.8 Å². The molecule has 21 heavy (non-hydrogen) atoms. The van der Waals surface area contributed by atoms with Crippen molar-refractivity contribution < 1.29 is 4.79 Å². The van der Waals surface area contributed by atoms with E-state index in [9.17, 15) is 4.79 Å². The van der Waals surface area contributed by atoms with Gasteiger partial charge in [-0.15, -0.1) is 0 Å². The third-order valence-corrected chi connectivity index (χ3v) is 4.94. The summed E-state index contributed by atoms with van der Waals surface area (Å²) in [6.45, 7) is 4.66. The minimum Gasteiger partial charge on any atom is -0.333 e. The molecule has 116 valence electrons. The predicted octanol–water partition coefficient (Wildman–Crippen LogP) is 2.30. The molecule has 0 aromatic carbocycles. The Balaban J connectivity index is 2.14. The molecule has 1 aromatic rings. The summed E-state index contributed by atoms with van der Waals surface area (Å²) in [6.07, 6.45) is 7.03. The molecule has 1 N–H and O–H groups in total. The molecule has 5 heteroatoms. The van der Waals surface area contributed by atoms with Gasteiger partial charge in [-0.1, -0.05) is 6.07 Å². The highest BCUT2D eigenvalue weighted by Crippen LogP contribution is 2.20. The second kappa shape index (κ2) is 8.39. The maximum absolute atomic E-state index is 12.7. The molecule has 0 spiro atoms. The number of carbonyl (C=O) groups excluding carboxylic acids is 1. The summed E-state index contributed by atoms with van der Waals surface area (Å²) in [7, 11) is 0. The Morgan fingerprint density at radius 3 is 3.05 bits per heavy atom. The van der Waals surface area contributed by atoms with Crippen molar-refractivity contribution in [3.63, 3.8) is 0 Å². The summed E-state index contributed by atoms with van der Waals surface area (Å²) in [5.41, 5.74) is 0.969. The fourth-order valence-corrected chi connectivity index (χ4v) is 3.04. The Bertz CT molecular complexity index is 432. The summed E-state index contributed by atoms with van der Waals surface area (Å²) in [5, 5.41) is 3.42. The van der Waals surface area contributed by atoms with E-state index in [4.69, 9.17) is 0 Å². The lowest BCUT2D eigenvalue weighted by atomic mass is 10.1. The van der Waals surface area contributed by atoms with E-state index in [-0.39, 0.29) is 11.2 Å². The zero-order chi connectivity index (χ0) is 15.1. The molecule has 1 amide bonds. The molecule has 0 aliphatic carbocycles. The van der Waals surface area contributed by atoms with E-state index in [1.165, 1.54) is 0 Å². The number of aromatic nitrogens is 1. The van der Waals surface area contributed by atoms with Crippen molar-refractivity contribution in [1.82, 2.24) is 15.2 Å². The van der Waals surface area contributed by atoms with Gasteiger partial charge in [0.15, 0.2) is 0 Å². The van der Waals surface area contributed by atoms with Gasteiger partial charge in [0.05, 0.1) is 17.5 Å². The fraction of sp³-hybridized carbons (Fsp3) is 0.625. The molecule has 0 radical (unpaired) electrons. The number of pyridine rings is 1. The molecule has 1 aliphatic rings. The number of hydrogen-bond donors (Lipinski definition) is 1. The number of carbonyl (C=O) groups is 1. The predicted molar refractivity (Wildman–Crippen MR) is 88.3 cm³/mol. The van der Waals surface area contributed by atoms with Crippen LogP contribution in [0.2, 0.25) is 0 Å². The Kier molecular flexibility index (Phi) is 6.51. The van der Waals surface area contributed by atoms with Crippen LogP contribution in [0.5, 0.6) is 0 Å². The van der Waals surface area contributed by atoms with Gasteiger partial charge in [0.25, 0.3) is 0 Å². The molecule has 1 saturated heterocycles. The Hall–Kier alpha value is -1.07. The molecule has 4 nitrogen and oxygen atoms in total. The fourth-order valence-electron chi connectivity index (χ4n) is 2.70. The highest BCUT2D eigenvalue weighted by atomic mass is 32.2. The zero-order valence-corrected chi connectivity index (χ0v) is 13.7. The number of nitrogens with one attached hydrogen (secondary N) is 1. The topological polar surface area (TPSA) is 45.2 Å². The van der Waals surface area contributed by atoms with E-state index in [0.29, 0.717) is 12.6 Å². The highest BCUT2D eigenvalue weighted by Gasteiger charge is 2.27. The molecular weight excluding hydrogens is 282 g/mol. The SMILES string of the molecule is CSC(C)C(=O)N(Cc1ccccn1)C1CCCNCC1. The first-order chi connectivity index (χ1) is 10.2. The molecule has 0 saturated carbocycles. The van der Waals surface area contributed by atoms with Crippen LogP contribution in [0.15, 0.2) is 24.4 Å². The lowest BCUT2D eigenvalue weighted by Gasteiger charge is -2.32. The van der Waals surface area contributed by atoms with Crippen LogP contribution in [0.25, 0.3) is 0 Å². The van der Waals surface area contributed by atoms with E-state index in [2.05, 4.69) is 15.2 Å². The van der Waals surface area contributed by atoms with Gasteiger partial charge in [0, 0.05) is 12.2 Å². The van der Waals surface area contributed by atoms with E-state index in [0.717, 1.165) is 38.0 Å². The third kappa shape index (κ3) is 4.71. The average Bonchev–Trinajstić information content (AvgIpc) is 2.81. The lowest BCUT2D eigenvalue weighted by molar-refractivity contribution is -0.133. The molecule has 1 fully saturated rings. The van der Waals surface area contributed by atoms with Crippen molar-refractivity contribution in [3.8, 4) is 0 Å². The van der Waals surface area contributed by atoms with Crippen LogP contribution in [-0.4, -0.2) is 46.4 Å². The van der Waals surface area contributed by atoms with Crippen molar-refractivity contribution in [2.75, 3.05) is 19.3 Å². The Morgan fingerprint density at radius 2 is 2.33 bits per heavy atom. The Labute approximate surface area is 131 Å². The first-order valence-corrected chi connectivity index (χ1v) is 8.95. The van der Waals surface area contributed by atoms with Crippen LogP contribution in [-0.2, 0) is 11.3 Å². The molecule has 1 aliphatic heterocycles. The minimum absolute atomic E-state index is 0.00456. The van der Waals surface area contributed by atoms with Crippen molar-refractivity contribution >= 4 is 17.7 Å². The zero-order valence-electron chi connectivity index (χ0n) is 12.9. The maximum Gasteiger partial charge on any atom is 0.235 e. The van der Waals surface area contributed by atoms with Crippen molar-refractivity contribution in [2.24, 2.45) is 0 Å². The molecule has 2 heterocycles. The van der Waals surface area contributed by atoms with Crippen LogP contribution >= 0.6 is 11.8 Å². The molecule has 1 aromatic heterocycles. The summed E-state index contributed by atoms with van der Waals surface area (Å²) in [6, 6.07) is 6.22. The normalized spacial score (nSPS) is 20.6. The monoisotopic (exact) mass is 307 g/mol. The molecule has 0 bridgehead atoms. The first kappa shape index (κ1) is 16.3. The Morgan fingerprint density at radius 1 is 1.48 bits per heavy atom. The quantitative estimate of drug-likeness (QED) is 0.906. The number of amides is 1. The lowest BCUT2D eigenvalue weighted by Crippen LogP contribution is -2.44. The minimum atomic E-state index is 0.00456. The van der Waals surface area contributed by atoms with Gasteiger partial charge in [0.1, 0.15) is 0 Å². The van der Waals surface area contributed by atoms with Crippen molar-refractivity contribution in [2.45, 2.75) is 44.0 Å². The van der Waals surface area contributed by atoms with E-state index >= 15 is 0 Å². The van der Waals surface area contributed by atoms with Gasteiger partial charge in [0.2, 0.25) is 5.91 Å². The third-order valence-electron chi connectivity index (χ3n) is 4.03. The number of hydrogen-bond acceptors (Lipinski definition) is 4. The highest BCUT2D eigenvalue weighted by molar-refractivity contribution is 7.99. The second-order valence-electron chi connectivity index (χ2n) is 5.50. The van der Waals surface area contributed by atoms with Gasteiger partial charge in [-0.05, 0) is 57.7 Å². The van der Waals surface area contributed by atoms with Crippen LogP contribution in [0, 0.1) is 0 Å². The average molecular weight is 307 g/mol. The van der Waals surface area contributed by atoms with Gasteiger partial charge in [-0.3, -0.25) is 9.78 Å². The summed E-state index contributed by atoms with van der Waals surface area (Å²) in [5.74, 6) is 0.236. The second-order valence-corrected chi connectivity index (χ2v) is 6.68. The molecule has 2 unspecified atom stereocenters. The largest absolute Gasteiger partial charge is 0.333 e. The van der Waals surface area contributed by atoms with Crippen molar-refractivity contribution in [3.05, 3.63) is 30.1 Å². The summed E-state index contributed by atoms with van der Waals surface area (Å²) < 4.78 is 0. The standard InChI is InChI=1S/C16H25N3OS/c1-13(21-2)16(20)19(12-14-6-3-4-10-18-14)15-7-5-9-17-11-8-15/h3-4,6,10,13,15,17H,5,7-9,11-12H2,1-2H3. The molecule has 2 atom stereocenters. The van der Waals surface area contributed by atoms with E-state index < -0.39 is 0 Å². The van der Waals surface area contributed by atoms with Gasteiger partial charge >= 0.3 is 0 Å². The number of thioether (sulfide) groups is 1. The van der Waals surface area contributed by atoms with Gasteiger partial charge in [-0.25, -0.2) is 0 Å². The number of nitrogens with zero attached hydrogens (tertiary/aromatic N) is 2. The van der Waals surface area contributed by atoms with Crippen molar-refractivity contribution in [1.29, 1.82) is 0 Å². The maximum atomic E-state index is 12.7. The van der Waals surface area contributed by atoms with Gasteiger partial charge < -0.3 is 10.2 Å². The molecular formula is C16H25N3OS. The summed E-state index contributed by atoms with van der Waals surface area (Å²) in [4.78, 5) is 19.2. The van der Waals surface area contributed by atoms with Crippen LogP contribution in [0.3, 0.4) is 0 Å². The van der Waals surface area contributed by atoms with Crippen LogP contribution < -0.4 is 5.32 Å².